The Morgan fingerprint density at radius 2 is 2.20 bits per heavy atom. The molecule has 0 fully saturated rings. The van der Waals surface area contributed by atoms with Crippen molar-refractivity contribution in [2.45, 2.75) is 20.0 Å². The predicted molar refractivity (Wildman–Crippen MR) is 84.8 cm³/mol. The monoisotopic (exact) mass is 284 g/mol. The molecule has 0 atom stereocenters. The van der Waals surface area contributed by atoms with Crippen LogP contribution in [0.5, 0.6) is 0 Å². The Kier molecular flexibility index (Phi) is 3.28. The van der Waals surface area contributed by atoms with Gasteiger partial charge in [0.2, 0.25) is 0 Å². The molecule has 0 amide bonds. The van der Waals surface area contributed by atoms with Crippen molar-refractivity contribution in [3.63, 3.8) is 0 Å². The van der Waals surface area contributed by atoms with Gasteiger partial charge in [-0.05, 0) is 24.4 Å². The average molecular weight is 284 g/mol. The lowest BCUT2D eigenvalue weighted by molar-refractivity contribution is 0.658. The Morgan fingerprint density at radius 3 is 2.90 bits per heavy atom. The Morgan fingerprint density at radius 1 is 1.35 bits per heavy atom. The van der Waals surface area contributed by atoms with Crippen LogP contribution in [0.2, 0.25) is 0 Å². The molecule has 0 saturated heterocycles. The van der Waals surface area contributed by atoms with E-state index in [4.69, 9.17) is 18.0 Å². The molecule has 1 aromatic carbocycles. The van der Waals surface area contributed by atoms with E-state index in [1.54, 1.807) is 0 Å². The normalized spacial score (nSPS) is 11.1. The second-order valence-corrected chi connectivity index (χ2v) is 5.23. The summed E-state index contributed by atoms with van der Waals surface area (Å²) in [7, 11) is 0. The van der Waals surface area contributed by atoms with Crippen molar-refractivity contribution in [2.75, 3.05) is 0 Å². The highest BCUT2D eigenvalue weighted by atomic mass is 32.1. The van der Waals surface area contributed by atoms with Gasteiger partial charge in [-0.15, -0.1) is 0 Å². The van der Waals surface area contributed by atoms with Crippen LogP contribution in [0.4, 0.5) is 0 Å². The van der Waals surface area contributed by atoms with Crippen LogP contribution in [0.25, 0.3) is 10.9 Å². The Balaban J connectivity index is 1.98. The van der Waals surface area contributed by atoms with Crippen molar-refractivity contribution >= 4 is 28.1 Å². The van der Waals surface area contributed by atoms with E-state index in [9.17, 15) is 0 Å². The van der Waals surface area contributed by atoms with Crippen LogP contribution in [0.3, 0.4) is 0 Å². The van der Waals surface area contributed by atoms with Crippen molar-refractivity contribution in [1.82, 2.24) is 14.3 Å². The van der Waals surface area contributed by atoms with Crippen molar-refractivity contribution in [3.8, 4) is 0 Å². The SMILES string of the molecule is CCn1cc(Cn2ccc3ccc(C(N)=S)cc32)cn1. The summed E-state index contributed by atoms with van der Waals surface area (Å²) in [6, 6.07) is 8.16. The van der Waals surface area contributed by atoms with E-state index in [1.165, 1.54) is 10.9 Å². The number of nitrogens with zero attached hydrogens (tertiary/aromatic N) is 3. The van der Waals surface area contributed by atoms with Crippen LogP contribution >= 0.6 is 12.2 Å². The first-order chi connectivity index (χ1) is 9.67. The maximum Gasteiger partial charge on any atom is 0.104 e. The summed E-state index contributed by atoms with van der Waals surface area (Å²) in [6.07, 6.45) is 6.06. The third kappa shape index (κ3) is 2.32. The van der Waals surface area contributed by atoms with E-state index in [1.807, 2.05) is 23.0 Å². The lowest BCUT2D eigenvalue weighted by atomic mass is 10.1. The van der Waals surface area contributed by atoms with E-state index in [0.717, 1.165) is 24.2 Å². The minimum atomic E-state index is 0.429. The molecule has 0 unspecified atom stereocenters. The fraction of sp³-hybridized carbons (Fsp3) is 0.200. The molecule has 2 heterocycles. The third-order valence-electron chi connectivity index (χ3n) is 3.42. The Hall–Kier alpha value is -2.14. The summed E-state index contributed by atoms with van der Waals surface area (Å²) >= 11 is 5.05. The van der Waals surface area contributed by atoms with Gasteiger partial charge in [0.05, 0.1) is 12.7 Å². The van der Waals surface area contributed by atoms with Gasteiger partial charge in [-0.3, -0.25) is 4.68 Å². The zero-order valence-electron chi connectivity index (χ0n) is 11.3. The number of aryl methyl sites for hydroxylation is 1. The Labute approximate surface area is 122 Å². The van der Waals surface area contributed by atoms with Crippen molar-refractivity contribution < 1.29 is 0 Å². The first kappa shape index (κ1) is 12.9. The number of hydrogen-bond acceptors (Lipinski definition) is 2. The van der Waals surface area contributed by atoms with E-state index in [2.05, 4.69) is 41.1 Å². The smallest absolute Gasteiger partial charge is 0.104 e. The summed E-state index contributed by atoms with van der Waals surface area (Å²) in [5.41, 5.74) is 8.93. The topological polar surface area (TPSA) is 48.8 Å². The molecule has 0 saturated carbocycles. The number of aromatic nitrogens is 3. The van der Waals surface area contributed by atoms with E-state index < -0.39 is 0 Å². The molecular weight excluding hydrogens is 268 g/mol. The molecule has 0 aliphatic carbocycles. The summed E-state index contributed by atoms with van der Waals surface area (Å²) in [4.78, 5) is 0.429. The molecule has 20 heavy (non-hydrogen) atoms. The first-order valence-electron chi connectivity index (χ1n) is 6.57. The number of hydrogen-bond donors (Lipinski definition) is 1. The van der Waals surface area contributed by atoms with Crippen molar-refractivity contribution in [3.05, 3.63) is 54.0 Å². The van der Waals surface area contributed by atoms with Gasteiger partial charge >= 0.3 is 0 Å². The van der Waals surface area contributed by atoms with Crippen LogP contribution in [0.15, 0.2) is 42.9 Å². The standard InChI is InChI=1S/C15H16N4S/c1-2-19-10-11(8-17-19)9-18-6-5-12-3-4-13(15(16)20)7-14(12)18/h3-8,10H,2,9H2,1H3,(H2,16,20). The molecule has 2 N–H and O–H groups in total. The number of nitrogens with two attached hydrogens (primary N) is 1. The van der Waals surface area contributed by atoms with Gasteiger partial charge in [-0.2, -0.15) is 5.10 Å². The highest BCUT2D eigenvalue weighted by molar-refractivity contribution is 7.80. The molecule has 3 aromatic rings. The lowest BCUT2D eigenvalue weighted by Crippen LogP contribution is -2.09. The molecule has 0 aliphatic rings. The van der Waals surface area contributed by atoms with Gasteiger partial charge in [0.25, 0.3) is 0 Å². The molecule has 0 spiro atoms. The fourth-order valence-electron chi connectivity index (χ4n) is 2.33. The largest absolute Gasteiger partial charge is 0.389 e. The van der Waals surface area contributed by atoms with Crippen LogP contribution < -0.4 is 5.73 Å². The summed E-state index contributed by atoms with van der Waals surface area (Å²) in [5, 5.41) is 5.49. The van der Waals surface area contributed by atoms with Gasteiger partial charge < -0.3 is 10.3 Å². The highest BCUT2D eigenvalue weighted by Gasteiger charge is 2.05. The van der Waals surface area contributed by atoms with Gasteiger partial charge in [-0.1, -0.05) is 24.4 Å². The molecule has 5 heteroatoms. The van der Waals surface area contributed by atoms with E-state index >= 15 is 0 Å². The molecule has 0 bridgehead atoms. The summed E-state index contributed by atoms with van der Waals surface area (Å²) < 4.78 is 4.12. The van der Waals surface area contributed by atoms with E-state index in [0.29, 0.717) is 4.99 Å². The van der Waals surface area contributed by atoms with Crippen LogP contribution in [-0.4, -0.2) is 19.3 Å². The second kappa shape index (κ2) is 5.09. The van der Waals surface area contributed by atoms with Crippen LogP contribution in [0, 0.1) is 0 Å². The quantitative estimate of drug-likeness (QED) is 0.749. The number of rotatable bonds is 4. The van der Waals surface area contributed by atoms with Crippen LogP contribution in [-0.2, 0) is 13.1 Å². The zero-order valence-corrected chi connectivity index (χ0v) is 12.1. The van der Waals surface area contributed by atoms with Gasteiger partial charge in [0.15, 0.2) is 0 Å². The summed E-state index contributed by atoms with van der Waals surface area (Å²) in [6.45, 7) is 3.76. The minimum absolute atomic E-state index is 0.429. The summed E-state index contributed by atoms with van der Waals surface area (Å²) in [5.74, 6) is 0. The molecular formula is C15H16N4S. The lowest BCUT2D eigenvalue weighted by Gasteiger charge is -2.05. The van der Waals surface area contributed by atoms with E-state index in [-0.39, 0.29) is 0 Å². The molecule has 2 aromatic heterocycles. The van der Waals surface area contributed by atoms with Gasteiger partial charge in [-0.25, -0.2) is 0 Å². The van der Waals surface area contributed by atoms with Crippen molar-refractivity contribution in [1.29, 1.82) is 0 Å². The molecule has 0 radical (unpaired) electrons. The highest BCUT2D eigenvalue weighted by Crippen LogP contribution is 2.19. The third-order valence-corrected chi connectivity index (χ3v) is 3.66. The maximum atomic E-state index is 5.71. The molecule has 0 aliphatic heterocycles. The average Bonchev–Trinajstić information content (AvgIpc) is 3.06. The van der Waals surface area contributed by atoms with Crippen molar-refractivity contribution in [2.24, 2.45) is 5.73 Å². The number of thiocarbonyl (C=S) groups is 1. The molecule has 3 rings (SSSR count). The number of benzene rings is 1. The minimum Gasteiger partial charge on any atom is -0.389 e. The predicted octanol–water partition coefficient (Wildman–Crippen LogP) is 2.54. The second-order valence-electron chi connectivity index (χ2n) is 4.79. The van der Waals surface area contributed by atoms with Gasteiger partial charge in [0.1, 0.15) is 4.99 Å². The fourth-order valence-corrected chi connectivity index (χ4v) is 2.46. The zero-order chi connectivity index (χ0) is 14.1. The van der Waals surface area contributed by atoms with Crippen LogP contribution in [0.1, 0.15) is 18.1 Å². The van der Waals surface area contributed by atoms with Gasteiger partial charge in [0, 0.05) is 35.6 Å². The first-order valence-corrected chi connectivity index (χ1v) is 6.98. The maximum absolute atomic E-state index is 5.71. The molecule has 4 nitrogen and oxygen atoms in total. The number of fused-ring (bicyclic) bond motifs is 1. The molecule has 102 valence electrons. The Bertz CT molecular complexity index is 769.